The monoisotopic (exact) mass is 544 g/mol. The highest BCUT2D eigenvalue weighted by Gasteiger charge is 2.44. The highest BCUT2D eigenvalue weighted by molar-refractivity contribution is 7.13. The molecule has 3 N–H and O–H groups in total. The van der Waals surface area contributed by atoms with Crippen LogP contribution in [-0.4, -0.2) is 70.7 Å². The van der Waals surface area contributed by atoms with Crippen molar-refractivity contribution in [3.63, 3.8) is 0 Å². The third-order valence-corrected chi connectivity index (χ3v) is 7.56. The Balaban J connectivity index is 1.63. The third-order valence-electron chi connectivity index (χ3n) is 6.59. The van der Waals surface area contributed by atoms with Crippen molar-refractivity contribution >= 4 is 29.1 Å². The van der Waals surface area contributed by atoms with Gasteiger partial charge in [-0.25, -0.2) is 4.98 Å². The van der Waals surface area contributed by atoms with E-state index in [0.29, 0.717) is 13.2 Å². The topological polar surface area (TPSA) is 121 Å². The lowest BCUT2D eigenvalue weighted by molar-refractivity contribution is -0.144. The lowest BCUT2D eigenvalue weighted by Crippen LogP contribution is -2.58. The molecule has 1 aromatic carbocycles. The number of carbonyl (C=O) groups excluding carboxylic acids is 3. The summed E-state index contributed by atoms with van der Waals surface area (Å²) in [7, 11) is 0. The van der Waals surface area contributed by atoms with E-state index in [-0.39, 0.29) is 37.3 Å². The van der Waals surface area contributed by atoms with Crippen LogP contribution >= 0.6 is 11.3 Å². The van der Waals surface area contributed by atoms with E-state index < -0.39 is 23.6 Å². The van der Waals surface area contributed by atoms with Gasteiger partial charge in [-0.3, -0.25) is 14.4 Å². The van der Waals surface area contributed by atoms with Gasteiger partial charge in [0, 0.05) is 26.1 Å². The first-order valence-corrected chi connectivity index (χ1v) is 14.0. The summed E-state index contributed by atoms with van der Waals surface area (Å²) in [5, 5.41) is 16.0. The number of aryl methyl sites for hydroxylation is 1. The number of hydrogen-bond donors (Lipinski definition) is 3. The van der Waals surface area contributed by atoms with Gasteiger partial charge >= 0.3 is 0 Å². The Bertz CT molecular complexity index is 1100. The number of aromatic nitrogens is 1. The molecule has 1 fully saturated rings. The van der Waals surface area contributed by atoms with Crippen LogP contribution in [0.25, 0.3) is 10.4 Å². The lowest BCUT2D eigenvalue weighted by atomic mass is 9.85. The van der Waals surface area contributed by atoms with Gasteiger partial charge in [0.2, 0.25) is 17.7 Å². The number of rotatable bonds is 11. The number of β-amino-alcohol motifs (C(OH)–C–C–N with tert-alkyl or cyclic N) is 1. The zero-order chi connectivity index (χ0) is 27.9. The maximum atomic E-state index is 13.6. The van der Waals surface area contributed by atoms with Crippen molar-refractivity contribution in [2.75, 3.05) is 19.8 Å². The summed E-state index contributed by atoms with van der Waals surface area (Å²) >= 11 is 1.58. The summed E-state index contributed by atoms with van der Waals surface area (Å²) in [6.45, 7) is 10.3. The predicted octanol–water partition coefficient (Wildman–Crippen LogP) is 3.04. The van der Waals surface area contributed by atoms with Gasteiger partial charge in [0.05, 0.1) is 22.2 Å². The van der Waals surface area contributed by atoms with Gasteiger partial charge in [0.25, 0.3) is 0 Å². The van der Waals surface area contributed by atoms with Crippen LogP contribution < -0.4 is 10.6 Å². The summed E-state index contributed by atoms with van der Waals surface area (Å²) in [6, 6.07) is 6.22. The molecule has 0 unspecified atom stereocenters. The van der Waals surface area contributed by atoms with Crippen LogP contribution in [0.5, 0.6) is 0 Å². The van der Waals surface area contributed by atoms with E-state index in [1.807, 2.05) is 64.4 Å². The summed E-state index contributed by atoms with van der Waals surface area (Å²) in [4.78, 5) is 46.0. The molecule has 1 aliphatic rings. The Hall–Kier alpha value is -2.82. The Morgan fingerprint density at radius 1 is 1.24 bits per heavy atom. The van der Waals surface area contributed by atoms with Crippen LogP contribution in [0.4, 0.5) is 0 Å². The van der Waals surface area contributed by atoms with Crippen molar-refractivity contribution in [3.05, 3.63) is 41.0 Å². The summed E-state index contributed by atoms with van der Waals surface area (Å²) in [5.41, 5.74) is 4.18. The molecule has 208 valence electrons. The van der Waals surface area contributed by atoms with Crippen LogP contribution in [0.1, 0.15) is 58.2 Å². The molecule has 0 radical (unpaired) electrons. The smallest absolute Gasteiger partial charge is 0.246 e. The molecular formula is C28H40N4O5S. The number of aliphatic hydroxyl groups is 1. The first-order chi connectivity index (χ1) is 18.0. The second kappa shape index (κ2) is 13.3. The number of hydrogen-bond acceptors (Lipinski definition) is 7. The molecule has 1 saturated heterocycles. The molecule has 3 amide bonds. The van der Waals surface area contributed by atoms with Crippen molar-refractivity contribution in [2.45, 2.75) is 78.6 Å². The van der Waals surface area contributed by atoms with E-state index in [4.69, 9.17) is 4.74 Å². The second-order valence-electron chi connectivity index (χ2n) is 10.9. The van der Waals surface area contributed by atoms with E-state index >= 15 is 0 Å². The molecule has 38 heavy (non-hydrogen) atoms. The number of nitrogens with one attached hydrogen (secondary N) is 2. The Kier molecular flexibility index (Phi) is 10.4. The van der Waals surface area contributed by atoms with E-state index in [1.165, 1.54) is 4.90 Å². The van der Waals surface area contributed by atoms with Crippen LogP contribution in [-0.2, 0) is 25.7 Å². The van der Waals surface area contributed by atoms with Crippen molar-refractivity contribution in [1.82, 2.24) is 20.5 Å². The van der Waals surface area contributed by atoms with Gasteiger partial charge in [-0.1, -0.05) is 58.4 Å². The third kappa shape index (κ3) is 7.85. The number of unbranched alkanes of at least 4 members (excludes halogenated alkanes) is 1. The van der Waals surface area contributed by atoms with Gasteiger partial charge in [0.15, 0.2) is 0 Å². The molecule has 3 rings (SSSR count). The van der Waals surface area contributed by atoms with E-state index in [2.05, 4.69) is 15.6 Å². The molecule has 0 aliphatic carbocycles. The normalized spacial score (nSPS) is 18.3. The number of aliphatic hydroxyl groups excluding tert-OH is 1. The standard InChI is InChI=1S/C28H40N4O5S/c1-6-7-12-37-16-23(34)31-25(28(3,4)5)27(36)32-15-21(33)13-22(32)26(35)29-14-19-8-10-20(11-9-19)24-18(2)30-17-38-24/h8-11,17,21-22,25,33H,6-7,12-16H2,1-5H3,(H,29,35)(H,31,34)/t21-,22-,25+/m0/s1. The molecular weight excluding hydrogens is 504 g/mol. The fourth-order valence-electron chi connectivity index (χ4n) is 4.39. The van der Waals surface area contributed by atoms with Crippen LogP contribution in [0, 0.1) is 12.3 Å². The molecule has 1 aromatic heterocycles. The minimum Gasteiger partial charge on any atom is -0.391 e. The fraction of sp³-hybridized carbons (Fsp3) is 0.571. The number of thiazole rings is 1. The first-order valence-electron chi connectivity index (χ1n) is 13.1. The Morgan fingerprint density at radius 3 is 2.55 bits per heavy atom. The van der Waals surface area contributed by atoms with Crippen molar-refractivity contribution in [3.8, 4) is 10.4 Å². The lowest BCUT2D eigenvalue weighted by Gasteiger charge is -2.35. The van der Waals surface area contributed by atoms with Gasteiger partial charge in [-0.15, -0.1) is 11.3 Å². The van der Waals surface area contributed by atoms with Gasteiger partial charge < -0.3 is 25.4 Å². The molecule has 0 saturated carbocycles. The highest BCUT2D eigenvalue weighted by Crippen LogP contribution is 2.28. The molecule has 2 aromatic rings. The van der Waals surface area contributed by atoms with Crippen molar-refractivity contribution < 1.29 is 24.2 Å². The second-order valence-corrected chi connectivity index (χ2v) is 11.7. The van der Waals surface area contributed by atoms with E-state index in [9.17, 15) is 19.5 Å². The largest absolute Gasteiger partial charge is 0.391 e. The molecule has 3 atom stereocenters. The summed E-state index contributed by atoms with van der Waals surface area (Å²) in [6.07, 6.45) is 1.15. The van der Waals surface area contributed by atoms with Gasteiger partial charge in [-0.2, -0.15) is 0 Å². The predicted molar refractivity (Wildman–Crippen MR) is 147 cm³/mol. The average molecular weight is 545 g/mol. The SMILES string of the molecule is CCCCOCC(=O)N[C@H](C(=O)N1C[C@@H](O)C[C@H]1C(=O)NCc1ccc(-c2scnc2C)cc1)C(C)(C)C. The number of nitrogens with zero attached hydrogens (tertiary/aromatic N) is 2. The average Bonchev–Trinajstić information content (AvgIpc) is 3.48. The summed E-state index contributed by atoms with van der Waals surface area (Å²) < 4.78 is 5.40. The Morgan fingerprint density at radius 2 is 1.95 bits per heavy atom. The van der Waals surface area contributed by atoms with E-state index in [1.54, 1.807) is 11.3 Å². The highest BCUT2D eigenvalue weighted by atomic mass is 32.1. The van der Waals surface area contributed by atoms with Gasteiger partial charge in [0.1, 0.15) is 18.7 Å². The Labute approximate surface area is 229 Å². The molecule has 1 aliphatic heterocycles. The minimum absolute atomic E-state index is 0.0370. The molecule has 0 bridgehead atoms. The van der Waals surface area contributed by atoms with Crippen LogP contribution in [0.3, 0.4) is 0 Å². The zero-order valence-electron chi connectivity index (χ0n) is 23.0. The number of benzene rings is 1. The number of ether oxygens (including phenoxy) is 1. The van der Waals surface area contributed by atoms with Gasteiger partial charge in [-0.05, 0) is 29.9 Å². The first kappa shape index (κ1) is 29.7. The minimum atomic E-state index is -0.867. The maximum absolute atomic E-state index is 13.6. The van der Waals surface area contributed by atoms with Crippen molar-refractivity contribution in [2.24, 2.45) is 5.41 Å². The molecule has 10 heteroatoms. The number of carbonyl (C=O) groups is 3. The van der Waals surface area contributed by atoms with Crippen LogP contribution in [0.2, 0.25) is 0 Å². The van der Waals surface area contributed by atoms with Crippen molar-refractivity contribution in [1.29, 1.82) is 0 Å². The number of amides is 3. The van der Waals surface area contributed by atoms with E-state index in [0.717, 1.165) is 34.5 Å². The molecule has 2 heterocycles. The maximum Gasteiger partial charge on any atom is 0.246 e. The summed E-state index contributed by atoms with van der Waals surface area (Å²) in [5.74, 6) is -1.10. The quantitative estimate of drug-likeness (QED) is 0.374. The number of likely N-dealkylation sites (tertiary alicyclic amines) is 1. The molecule has 0 spiro atoms. The fourth-order valence-corrected chi connectivity index (χ4v) is 5.21. The zero-order valence-corrected chi connectivity index (χ0v) is 23.8. The van der Waals surface area contributed by atoms with Crippen LogP contribution in [0.15, 0.2) is 29.8 Å². The molecule has 9 nitrogen and oxygen atoms in total.